The molecule has 8 heteroatoms. The van der Waals surface area contributed by atoms with E-state index in [0.29, 0.717) is 25.4 Å². The van der Waals surface area contributed by atoms with Crippen molar-refractivity contribution in [2.45, 2.75) is 6.36 Å². The Kier molecular flexibility index (Phi) is 5.77. The summed E-state index contributed by atoms with van der Waals surface area (Å²) in [5.41, 5.74) is 0.565. The van der Waals surface area contributed by atoms with Crippen LogP contribution in [0.25, 0.3) is 0 Å². The molecule has 124 valence electrons. The van der Waals surface area contributed by atoms with E-state index in [-0.39, 0.29) is 10.8 Å². The van der Waals surface area contributed by atoms with Crippen LogP contribution in [0.5, 0.6) is 5.75 Å². The Morgan fingerprint density at radius 3 is 2.45 bits per heavy atom. The van der Waals surface area contributed by atoms with Crippen LogP contribution in [-0.2, 0) is 4.74 Å². The molecule has 4 nitrogen and oxygen atoms in total. The molecule has 1 aromatic rings. The molecular formula is C14H18ClF3N2O2. The number of benzene rings is 1. The average Bonchev–Trinajstić information content (AvgIpc) is 2.47. The number of nitrogens with zero attached hydrogens (tertiary/aromatic N) is 2. The molecule has 0 saturated carbocycles. The van der Waals surface area contributed by atoms with E-state index in [0.717, 1.165) is 19.6 Å². The number of rotatable bonds is 5. The standard InChI is InChI=1S/C14H18ClF3N2O2/c1-21-10-9-19-5-7-20(8-6-19)11-3-2-4-12(13(11)15)22-14(16,17)18/h2-4H,5-10H2,1H3. The van der Waals surface area contributed by atoms with Crippen molar-refractivity contribution < 1.29 is 22.6 Å². The SMILES string of the molecule is COCCN1CCN(c2cccc(OC(F)(F)F)c2Cl)CC1. The minimum absolute atomic E-state index is 0.00911. The van der Waals surface area contributed by atoms with Gasteiger partial charge in [0, 0.05) is 39.8 Å². The van der Waals surface area contributed by atoms with E-state index in [1.165, 1.54) is 12.1 Å². The normalized spacial score (nSPS) is 16.9. The van der Waals surface area contributed by atoms with E-state index in [1.54, 1.807) is 13.2 Å². The summed E-state index contributed by atoms with van der Waals surface area (Å²) in [6.07, 6.45) is -4.75. The van der Waals surface area contributed by atoms with Crippen LogP contribution in [0, 0.1) is 0 Å². The minimum Gasteiger partial charge on any atom is -0.404 e. The van der Waals surface area contributed by atoms with Gasteiger partial charge in [-0.25, -0.2) is 0 Å². The van der Waals surface area contributed by atoms with E-state index >= 15 is 0 Å². The van der Waals surface area contributed by atoms with Gasteiger partial charge in [-0.2, -0.15) is 0 Å². The van der Waals surface area contributed by atoms with Crippen molar-refractivity contribution in [3.8, 4) is 5.75 Å². The number of piperazine rings is 1. The monoisotopic (exact) mass is 338 g/mol. The summed E-state index contributed by atoms with van der Waals surface area (Å²) in [6.45, 7) is 4.51. The highest BCUT2D eigenvalue weighted by atomic mass is 35.5. The Bertz CT molecular complexity index is 491. The van der Waals surface area contributed by atoms with E-state index in [9.17, 15) is 13.2 Å². The number of halogens is 4. The lowest BCUT2D eigenvalue weighted by Gasteiger charge is -2.36. The molecule has 0 spiro atoms. The summed E-state index contributed by atoms with van der Waals surface area (Å²) >= 11 is 6.07. The molecule has 0 amide bonds. The molecule has 0 atom stereocenters. The second-order valence-corrected chi connectivity index (χ2v) is 5.34. The van der Waals surface area contributed by atoms with Crippen LogP contribution in [0.3, 0.4) is 0 Å². The van der Waals surface area contributed by atoms with Gasteiger partial charge in [-0.1, -0.05) is 17.7 Å². The van der Waals surface area contributed by atoms with Gasteiger partial charge in [0.2, 0.25) is 0 Å². The van der Waals surface area contributed by atoms with E-state index < -0.39 is 6.36 Å². The first-order valence-electron chi connectivity index (χ1n) is 6.91. The van der Waals surface area contributed by atoms with Crippen LogP contribution in [0.4, 0.5) is 18.9 Å². The van der Waals surface area contributed by atoms with Crippen LogP contribution in [-0.4, -0.2) is 57.7 Å². The summed E-state index contributed by atoms with van der Waals surface area (Å²) in [7, 11) is 1.65. The molecule has 0 N–H and O–H groups in total. The Balaban J connectivity index is 2.03. The van der Waals surface area contributed by atoms with E-state index in [1.807, 2.05) is 4.90 Å². The Labute approximate surface area is 132 Å². The smallest absolute Gasteiger partial charge is 0.404 e. The summed E-state index contributed by atoms with van der Waals surface area (Å²) in [4.78, 5) is 4.21. The Morgan fingerprint density at radius 2 is 1.86 bits per heavy atom. The predicted molar refractivity (Wildman–Crippen MR) is 78.7 cm³/mol. The van der Waals surface area contributed by atoms with Crippen LogP contribution >= 0.6 is 11.6 Å². The maximum atomic E-state index is 12.4. The predicted octanol–water partition coefficient (Wildman–Crippen LogP) is 3.01. The highest BCUT2D eigenvalue weighted by molar-refractivity contribution is 6.34. The number of anilines is 1. The van der Waals surface area contributed by atoms with Gasteiger partial charge in [0.25, 0.3) is 0 Å². The quantitative estimate of drug-likeness (QED) is 0.824. The zero-order valence-corrected chi connectivity index (χ0v) is 13.0. The number of hydrogen-bond donors (Lipinski definition) is 0. The summed E-state index contributed by atoms with van der Waals surface area (Å²) in [5.74, 6) is -0.367. The number of methoxy groups -OCH3 is 1. The molecule has 22 heavy (non-hydrogen) atoms. The highest BCUT2D eigenvalue weighted by Crippen LogP contribution is 2.37. The molecular weight excluding hydrogens is 321 g/mol. The third-order valence-electron chi connectivity index (χ3n) is 3.49. The average molecular weight is 339 g/mol. The van der Waals surface area contributed by atoms with E-state index in [2.05, 4.69) is 9.64 Å². The van der Waals surface area contributed by atoms with Crippen molar-refractivity contribution in [1.29, 1.82) is 0 Å². The van der Waals surface area contributed by atoms with Crippen molar-refractivity contribution >= 4 is 17.3 Å². The fraction of sp³-hybridized carbons (Fsp3) is 0.571. The maximum absolute atomic E-state index is 12.4. The summed E-state index contributed by atoms with van der Waals surface area (Å²) in [5, 5.41) is -0.00911. The number of alkyl halides is 3. The fourth-order valence-corrected chi connectivity index (χ4v) is 2.66. The molecule has 2 rings (SSSR count). The summed E-state index contributed by atoms with van der Waals surface area (Å²) in [6, 6.07) is 4.43. The lowest BCUT2D eigenvalue weighted by atomic mass is 10.2. The lowest BCUT2D eigenvalue weighted by molar-refractivity contribution is -0.274. The van der Waals surface area contributed by atoms with Gasteiger partial charge >= 0.3 is 6.36 Å². The highest BCUT2D eigenvalue weighted by Gasteiger charge is 2.32. The molecule has 0 aromatic heterocycles. The van der Waals surface area contributed by atoms with Gasteiger partial charge in [0.1, 0.15) is 10.8 Å². The fourth-order valence-electron chi connectivity index (χ4n) is 2.38. The minimum atomic E-state index is -4.75. The van der Waals surface area contributed by atoms with Crippen molar-refractivity contribution in [2.24, 2.45) is 0 Å². The van der Waals surface area contributed by atoms with Gasteiger partial charge in [-0.05, 0) is 12.1 Å². The second kappa shape index (κ2) is 7.39. The Hall–Kier alpha value is -1.18. The van der Waals surface area contributed by atoms with Crippen molar-refractivity contribution in [3.63, 3.8) is 0 Å². The third-order valence-corrected chi connectivity index (χ3v) is 3.87. The second-order valence-electron chi connectivity index (χ2n) is 4.96. The number of hydrogen-bond acceptors (Lipinski definition) is 4. The molecule has 0 radical (unpaired) electrons. The number of ether oxygens (including phenoxy) is 2. The molecule has 1 aromatic carbocycles. The van der Waals surface area contributed by atoms with Gasteiger partial charge in [-0.3, -0.25) is 4.90 Å². The van der Waals surface area contributed by atoms with Crippen molar-refractivity contribution in [2.75, 3.05) is 51.3 Å². The topological polar surface area (TPSA) is 24.9 Å². The third kappa shape index (κ3) is 4.66. The van der Waals surface area contributed by atoms with Crippen LogP contribution in [0.1, 0.15) is 0 Å². The van der Waals surface area contributed by atoms with Crippen molar-refractivity contribution in [3.05, 3.63) is 23.2 Å². The molecule has 0 unspecified atom stereocenters. The zero-order valence-electron chi connectivity index (χ0n) is 12.2. The maximum Gasteiger partial charge on any atom is 0.573 e. The van der Waals surface area contributed by atoms with Crippen LogP contribution in [0.2, 0.25) is 5.02 Å². The van der Waals surface area contributed by atoms with Gasteiger partial charge in [0.15, 0.2) is 0 Å². The van der Waals surface area contributed by atoms with Crippen molar-refractivity contribution in [1.82, 2.24) is 4.90 Å². The lowest BCUT2D eigenvalue weighted by Crippen LogP contribution is -2.47. The molecule has 1 fully saturated rings. The van der Waals surface area contributed by atoms with Gasteiger partial charge in [-0.15, -0.1) is 13.2 Å². The first-order chi connectivity index (χ1) is 10.4. The molecule has 1 aliphatic rings. The first-order valence-corrected chi connectivity index (χ1v) is 7.29. The summed E-state index contributed by atoms with van der Waals surface area (Å²) < 4.78 is 46.0. The molecule has 1 aliphatic heterocycles. The van der Waals surface area contributed by atoms with Crippen LogP contribution < -0.4 is 9.64 Å². The van der Waals surface area contributed by atoms with Gasteiger partial charge < -0.3 is 14.4 Å². The molecule has 0 bridgehead atoms. The van der Waals surface area contributed by atoms with Gasteiger partial charge in [0.05, 0.1) is 12.3 Å². The molecule has 0 aliphatic carbocycles. The van der Waals surface area contributed by atoms with E-state index in [4.69, 9.17) is 16.3 Å². The zero-order chi connectivity index (χ0) is 16.2. The largest absolute Gasteiger partial charge is 0.573 e. The van der Waals surface area contributed by atoms with Crippen LogP contribution in [0.15, 0.2) is 18.2 Å². The molecule has 1 heterocycles. The first kappa shape index (κ1) is 17.2. The molecule has 1 saturated heterocycles. The Morgan fingerprint density at radius 1 is 1.18 bits per heavy atom.